The van der Waals surface area contributed by atoms with Crippen LogP contribution in [0.3, 0.4) is 0 Å². The molecule has 6 nitrogen and oxygen atoms in total. The standard InChI is InChI=1S/C14H20N4O2/c1-20-8-7-16-13(19)4-6-15-9-11-10-18-14-12(11)3-2-5-17-14/h2-3,5,10,15H,4,6-9H2,1H3,(H,16,19)(H,17,18). The summed E-state index contributed by atoms with van der Waals surface area (Å²) in [4.78, 5) is 18.8. The number of hydrogen-bond acceptors (Lipinski definition) is 4. The van der Waals surface area contributed by atoms with E-state index in [0.717, 1.165) is 23.1 Å². The van der Waals surface area contributed by atoms with Gasteiger partial charge in [-0.15, -0.1) is 0 Å². The molecule has 2 heterocycles. The van der Waals surface area contributed by atoms with Gasteiger partial charge in [-0.25, -0.2) is 4.98 Å². The number of aromatic amines is 1. The summed E-state index contributed by atoms with van der Waals surface area (Å²) in [6.07, 6.45) is 4.17. The molecule has 0 bridgehead atoms. The minimum Gasteiger partial charge on any atom is -0.383 e. The second-order valence-electron chi connectivity index (χ2n) is 4.48. The Morgan fingerprint density at radius 1 is 1.45 bits per heavy atom. The topological polar surface area (TPSA) is 79.0 Å². The van der Waals surface area contributed by atoms with E-state index in [0.29, 0.717) is 26.1 Å². The number of nitrogens with one attached hydrogen (secondary N) is 3. The Bertz CT molecular complexity index is 553. The van der Waals surface area contributed by atoms with Crippen LogP contribution in [-0.4, -0.2) is 42.7 Å². The Morgan fingerprint density at radius 2 is 2.35 bits per heavy atom. The van der Waals surface area contributed by atoms with Crippen LogP contribution in [0.4, 0.5) is 0 Å². The Balaban J connectivity index is 1.70. The molecule has 0 saturated carbocycles. The number of H-pyrrole nitrogens is 1. The lowest BCUT2D eigenvalue weighted by atomic mass is 10.2. The van der Waals surface area contributed by atoms with E-state index >= 15 is 0 Å². The maximum Gasteiger partial charge on any atom is 0.221 e. The van der Waals surface area contributed by atoms with Gasteiger partial charge in [-0.05, 0) is 17.7 Å². The summed E-state index contributed by atoms with van der Waals surface area (Å²) in [7, 11) is 1.61. The SMILES string of the molecule is COCCNC(=O)CCNCc1c[nH]c2ncccc12. The van der Waals surface area contributed by atoms with Crippen LogP contribution in [-0.2, 0) is 16.1 Å². The molecular formula is C14H20N4O2. The second kappa shape index (κ2) is 7.62. The predicted molar refractivity (Wildman–Crippen MR) is 77.3 cm³/mol. The first-order valence-electron chi connectivity index (χ1n) is 6.68. The molecule has 2 rings (SSSR count). The summed E-state index contributed by atoms with van der Waals surface area (Å²) in [5.41, 5.74) is 2.05. The van der Waals surface area contributed by atoms with Gasteiger partial charge >= 0.3 is 0 Å². The van der Waals surface area contributed by atoms with E-state index in [9.17, 15) is 4.79 Å². The van der Waals surface area contributed by atoms with Crippen molar-refractivity contribution in [3.05, 3.63) is 30.1 Å². The number of carbonyl (C=O) groups excluding carboxylic acids is 1. The number of ether oxygens (including phenoxy) is 1. The monoisotopic (exact) mass is 276 g/mol. The molecule has 0 aliphatic rings. The lowest BCUT2D eigenvalue weighted by Gasteiger charge is -2.05. The largest absolute Gasteiger partial charge is 0.383 e. The summed E-state index contributed by atoms with van der Waals surface area (Å²) in [5.74, 6) is 0.0372. The van der Waals surface area contributed by atoms with Gasteiger partial charge in [0, 0.05) is 50.9 Å². The Labute approximate surface area is 117 Å². The molecule has 6 heteroatoms. The fraction of sp³-hybridized carbons (Fsp3) is 0.429. The van der Waals surface area contributed by atoms with Gasteiger partial charge in [-0.1, -0.05) is 0 Å². The van der Waals surface area contributed by atoms with Crippen LogP contribution in [0, 0.1) is 0 Å². The summed E-state index contributed by atoms with van der Waals surface area (Å²) < 4.78 is 4.87. The highest BCUT2D eigenvalue weighted by atomic mass is 16.5. The number of nitrogens with zero attached hydrogens (tertiary/aromatic N) is 1. The molecule has 0 spiro atoms. The Hall–Kier alpha value is -1.92. The highest BCUT2D eigenvalue weighted by molar-refractivity contribution is 5.79. The molecule has 0 saturated heterocycles. The van der Waals surface area contributed by atoms with Crippen LogP contribution in [0.15, 0.2) is 24.5 Å². The maximum absolute atomic E-state index is 11.5. The van der Waals surface area contributed by atoms with E-state index in [4.69, 9.17) is 4.74 Å². The summed E-state index contributed by atoms with van der Waals surface area (Å²) in [6.45, 7) is 2.47. The molecule has 0 unspecified atom stereocenters. The number of hydrogen-bond donors (Lipinski definition) is 3. The van der Waals surface area contributed by atoms with Gasteiger partial charge in [0.15, 0.2) is 0 Å². The molecule has 108 valence electrons. The van der Waals surface area contributed by atoms with Gasteiger partial charge in [-0.2, -0.15) is 0 Å². The maximum atomic E-state index is 11.5. The molecule has 0 aromatic carbocycles. The van der Waals surface area contributed by atoms with Crippen molar-refractivity contribution in [2.45, 2.75) is 13.0 Å². The zero-order valence-electron chi connectivity index (χ0n) is 11.6. The predicted octanol–water partition coefficient (Wildman–Crippen LogP) is 0.805. The molecule has 0 aliphatic carbocycles. The van der Waals surface area contributed by atoms with Crippen molar-refractivity contribution in [3.8, 4) is 0 Å². The first kappa shape index (κ1) is 14.5. The average Bonchev–Trinajstić information content (AvgIpc) is 2.87. The quantitative estimate of drug-likeness (QED) is 0.623. The molecule has 0 radical (unpaired) electrons. The number of rotatable bonds is 8. The van der Waals surface area contributed by atoms with Crippen molar-refractivity contribution < 1.29 is 9.53 Å². The van der Waals surface area contributed by atoms with E-state index in [2.05, 4.69) is 20.6 Å². The van der Waals surface area contributed by atoms with E-state index in [-0.39, 0.29) is 5.91 Å². The highest BCUT2D eigenvalue weighted by Crippen LogP contribution is 2.14. The molecule has 0 fully saturated rings. The fourth-order valence-electron chi connectivity index (χ4n) is 1.96. The summed E-state index contributed by atoms with van der Waals surface area (Å²) in [6, 6.07) is 3.95. The van der Waals surface area contributed by atoms with Gasteiger partial charge in [-0.3, -0.25) is 4.79 Å². The number of carbonyl (C=O) groups is 1. The number of amides is 1. The van der Waals surface area contributed by atoms with Crippen LogP contribution in [0.2, 0.25) is 0 Å². The molecule has 0 aliphatic heterocycles. The van der Waals surface area contributed by atoms with Crippen molar-refractivity contribution >= 4 is 16.9 Å². The van der Waals surface area contributed by atoms with Crippen LogP contribution >= 0.6 is 0 Å². The van der Waals surface area contributed by atoms with Crippen LogP contribution < -0.4 is 10.6 Å². The number of fused-ring (bicyclic) bond motifs is 1. The van der Waals surface area contributed by atoms with Crippen molar-refractivity contribution in [1.29, 1.82) is 0 Å². The zero-order chi connectivity index (χ0) is 14.2. The minimum absolute atomic E-state index is 0.0372. The second-order valence-corrected chi connectivity index (χ2v) is 4.48. The molecule has 2 aromatic rings. The van der Waals surface area contributed by atoms with Gasteiger partial charge in [0.2, 0.25) is 5.91 Å². The number of methoxy groups -OCH3 is 1. The average molecular weight is 276 g/mol. The zero-order valence-corrected chi connectivity index (χ0v) is 11.6. The van der Waals surface area contributed by atoms with Crippen molar-refractivity contribution in [2.75, 3.05) is 26.8 Å². The summed E-state index contributed by atoms with van der Waals surface area (Å²) in [5, 5.41) is 7.16. The van der Waals surface area contributed by atoms with Gasteiger partial charge in [0.05, 0.1) is 6.61 Å². The smallest absolute Gasteiger partial charge is 0.221 e. The van der Waals surface area contributed by atoms with Crippen molar-refractivity contribution in [1.82, 2.24) is 20.6 Å². The van der Waals surface area contributed by atoms with Gasteiger partial charge < -0.3 is 20.4 Å². The molecule has 2 aromatic heterocycles. The number of pyridine rings is 1. The van der Waals surface area contributed by atoms with Gasteiger partial charge in [0.1, 0.15) is 5.65 Å². The molecule has 1 amide bonds. The van der Waals surface area contributed by atoms with Crippen molar-refractivity contribution in [3.63, 3.8) is 0 Å². The van der Waals surface area contributed by atoms with E-state index in [1.807, 2.05) is 18.3 Å². The molecule has 3 N–H and O–H groups in total. The van der Waals surface area contributed by atoms with E-state index < -0.39 is 0 Å². The first-order valence-corrected chi connectivity index (χ1v) is 6.68. The molecule has 0 atom stereocenters. The molecule has 20 heavy (non-hydrogen) atoms. The third-order valence-corrected chi connectivity index (χ3v) is 3.01. The lowest BCUT2D eigenvalue weighted by Crippen LogP contribution is -2.29. The molecular weight excluding hydrogens is 256 g/mol. The Morgan fingerprint density at radius 3 is 3.20 bits per heavy atom. The first-order chi connectivity index (χ1) is 9.81. The van der Waals surface area contributed by atoms with Crippen LogP contribution in [0.5, 0.6) is 0 Å². The summed E-state index contributed by atoms with van der Waals surface area (Å²) >= 11 is 0. The normalized spacial score (nSPS) is 10.8. The minimum atomic E-state index is 0.0372. The third kappa shape index (κ3) is 4.04. The fourth-order valence-corrected chi connectivity index (χ4v) is 1.96. The third-order valence-electron chi connectivity index (χ3n) is 3.01. The van der Waals surface area contributed by atoms with Crippen LogP contribution in [0.25, 0.3) is 11.0 Å². The van der Waals surface area contributed by atoms with E-state index in [1.165, 1.54) is 0 Å². The van der Waals surface area contributed by atoms with Crippen LogP contribution in [0.1, 0.15) is 12.0 Å². The van der Waals surface area contributed by atoms with Crippen molar-refractivity contribution in [2.24, 2.45) is 0 Å². The number of aromatic nitrogens is 2. The van der Waals surface area contributed by atoms with E-state index in [1.54, 1.807) is 13.3 Å². The lowest BCUT2D eigenvalue weighted by molar-refractivity contribution is -0.121. The highest BCUT2D eigenvalue weighted by Gasteiger charge is 2.04. The Kier molecular flexibility index (Phi) is 5.52. The van der Waals surface area contributed by atoms with Gasteiger partial charge in [0.25, 0.3) is 0 Å².